The average Bonchev–Trinajstić information content (AvgIpc) is 2.95. The summed E-state index contributed by atoms with van der Waals surface area (Å²) in [5.41, 5.74) is 6.86. The number of rotatable bonds is 9. The summed E-state index contributed by atoms with van der Waals surface area (Å²) < 4.78 is 0. The highest BCUT2D eigenvalue weighted by atomic mass is 35.5. The zero-order valence-corrected chi connectivity index (χ0v) is 14.8. The molecule has 4 heteroatoms. The zero-order chi connectivity index (χ0) is 15.6. The van der Waals surface area contributed by atoms with E-state index in [4.69, 9.17) is 5.73 Å². The van der Waals surface area contributed by atoms with Crippen LogP contribution < -0.4 is 11.1 Å². The van der Waals surface area contributed by atoms with Crippen molar-refractivity contribution in [3.05, 3.63) is 35.9 Å². The molecule has 0 radical (unpaired) electrons. The third kappa shape index (κ3) is 7.36. The molecule has 0 aromatic heterocycles. The molecule has 0 saturated heterocycles. The van der Waals surface area contributed by atoms with Crippen LogP contribution in [0.1, 0.15) is 56.9 Å². The molecule has 1 aliphatic carbocycles. The summed E-state index contributed by atoms with van der Waals surface area (Å²) in [5, 5.41) is 3.28. The SMILES string of the molecule is Cl.NCCCCCCC(=O)NC1CCCC1Cc1ccccc1. The van der Waals surface area contributed by atoms with Crippen molar-refractivity contribution in [3.63, 3.8) is 0 Å². The largest absolute Gasteiger partial charge is 0.353 e. The second-order valence-electron chi connectivity index (χ2n) is 6.51. The Balaban J connectivity index is 0.00000264. The van der Waals surface area contributed by atoms with Gasteiger partial charge < -0.3 is 11.1 Å². The molecule has 1 aromatic carbocycles. The Hall–Kier alpha value is -1.06. The first-order chi connectivity index (χ1) is 10.8. The number of halogens is 1. The summed E-state index contributed by atoms with van der Waals surface area (Å²) in [6.45, 7) is 0.759. The van der Waals surface area contributed by atoms with E-state index in [1.54, 1.807) is 0 Å². The van der Waals surface area contributed by atoms with Gasteiger partial charge in [-0.3, -0.25) is 4.79 Å². The van der Waals surface area contributed by atoms with Crippen molar-refractivity contribution < 1.29 is 4.79 Å². The van der Waals surface area contributed by atoms with Gasteiger partial charge in [0, 0.05) is 12.5 Å². The Bertz CT molecular complexity index is 438. The second kappa shape index (κ2) is 11.5. The Kier molecular flexibility index (Phi) is 9.97. The predicted octanol–water partition coefficient (Wildman–Crippen LogP) is 3.85. The molecule has 0 heterocycles. The minimum atomic E-state index is 0. The van der Waals surface area contributed by atoms with Crippen LogP contribution in [0.25, 0.3) is 0 Å². The van der Waals surface area contributed by atoms with E-state index in [0.717, 1.165) is 45.1 Å². The molecule has 1 fully saturated rings. The van der Waals surface area contributed by atoms with Gasteiger partial charge in [0.1, 0.15) is 0 Å². The molecule has 1 aromatic rings. The highest BCUT2D eigenvalue weighted by Gasteiger charge is 2.28. The van der Waals surface area contributed by atoms with E-state index in [2.05, 4.69) is 35.6 Å². The molecule has 2 atom stereocenters. The Morgan fingerprint density at radius 3 is 2.57 bits per heavy atom. The van der Waals surface area contributed by atoms with Crippen molar-refractivity contribution in [3.8, 4) is 0 Å². The van der Waals surface area contributed by atoms with Crippen LogP contribution in [-0.2, 0) is 11.2 Å². The smallest absolute Gasteiger partial charge is 0.220 e. The maximum atomic E-state index is 12.1. The molecular formula is C19H31ClN2O. The standard InChI is InChI=1S/C19H30N2O.ClH/c20-14-7-2-1-6-13-19(22)21-18-12-8-11-17(18)15-16-9-4-3-5-10-16;/h3-5,9-10,17-18H,1-2,6-8,11-15,20H2,(H,21,22);1H. The Labute approximate surface area is 146 Å². The van der Waals surface area contributed by atoms with Gasteiger partial charge in [-0.15, -0.1) is 12.4 Å². The molecule has 2 unspecified atom stereocenters. The van der Waals surface area contributed by atoms with Gasteiger partial charge in [0.15, 0.2) is 0 Å². The van der Waals surface area contributed by atoms with Gasteiger partial charge in [0.25, 0.3) is 0 Å². The quantitative estimate of drug-likeness (QED) is 0.672. The summed E-state index contributed by atoms with van der Waals surface area (Å²) in [6, 6.07) is 11.0. The van der Waals surface area contributed by atoms with Crippen LogP contribution in [0.4, 0.5) is 0 Å². The lowest BCUT2D eigenvalue weighted by atomic mass is 9.94. The van der Waals surface area contributed by atoms with Crippen LogP contribution >= 0.6 is 12.4 Å². The lowest BCUT2D eigenvalue weighted by Crippen LogP contribution is -2.37. The molecule has 3 N–H and O–H groups in total. The Morgan fingerprint density at radius 1 is 1.09 bits per heavy atom. The number of benzene rings is 1. The molecular weight excluding hydrogens is 308 g/mol. The number of amides is 1. The van der Waals surface area contributed by atoms with Crippen molar-refractivity contribution in [2.24, 2.45) is 11.7 Å². The number of carbonyl (C=O) groups is 1. The van der Waals surface area contributed by atoms with E-state index in [-0.39, 0.29) is 18.3 Å². The van der Waals surface area contributed by atoms with Crippen LogP contribution in [0.15, 0.2) is 30.3 Å². The first kappa shape index (κ1) is 20.0. The van der Waals surface area contributed by atoms with Crippen LogP contribution in [-0.4, -0.2) is 18.5 Å². The van der Waals surface area contributed by atoms with Gasteiger partial charge in [0.05, 0.1) is 0 Å². The van der Waals surface area contributed by atoms with Crippen LogP contribution in [0, 0.1) is 5.92 Å². The van der Waals surface area contributed by atoms with Crippen molar-refractivity contribution in [2.75, 3.05) is 6.54 Å². The van der Waals surface area contributed by atoms with Gasteiger partial charge >= 0.3 is 0 Å². The van der Waals surface area contributed by atoms with Gasteiger partial charge in [-0.05, 0) is 50.1 Å². The first-order valence-electron chi connectivity index (χ1n) is 8.83. The highest BCUT2D eigenvalue weighted by molar-refractivity contribution is 5.85. The Morgan fingerprint density at radius 2 is 1.83 bits per heavy atom. The number of nitrogens with two attached hydrogens (primary N) is 1. The number of nitrogens with one attached hydrogen (secondary N) is 1. The highest BCUT2D eigenvalue weighted by Crippen LogP contribution is 2.29. The van der Waals surface area contributed by atoms with E-state index in [1.165, 1.54) is 18.4 Å². The van der Waals surface area contributed by atoms with Gasteiger partial charge in [0.2, 0.25) is 5.91 Å². The molecule has 2 rings (SSSR count). The van der Waals surface area contributed by atoms with Crippen molar-refractivity contribution in [2.45, 2.75) is 63.8 Å². The molecule has 3 nitrogen and oxygen atoms in total. The van der Waals surface area contributed by atoms with Gasteiger partial charge in [-0.1, -0.05) is 49.6 Å². The normalized spacial score (nSPS) is 20.0. The molecule has 23 heavy (non-hydrogen) atoms. The molecule has 1 aliphatic rings. The van der Waals surface area contributed by atoms with E-state index < -0.39 is 0 Å². The average molecular weight is 339 g/mol. The van der Waals surface area contributed by atoms with Gasteiger partial charge in [-0.25, -0.2) is 0 Å². The summed E-state index contributed by atoms with van der Waals surface area (Å²) in [6.07, 6.45) is 9.67. The topological polar surface area (TPSA) is 55.1 Å². The summed E-state index contributed by atoms with van der Waals surface area (Å²) >= 11 is 0. The minimum Gasteiger partial charge on any atom is -0.353 e. The maximum absolute atomic E-state index is 12.1. The van der Waals surface area contributed by atoms with E-state index in [0.29, 0.717) is 18.4 Å². The second-order valence-corrected chi connectivity index (χ2v) is 6.51. The van der Waals surface area contributed by atoms with Gasteiger partial charge in [-0.2, -0.15) is 0 Å². The van der Waals surface area contributed by atoms with Crippen molar-refractivity contribution >= 4 is 18.3 Å². The van der Waals surface area contributed by atoms with E-state index in [1.807, 2.05) is 0 Å². The third-order valence-corrected chi connectivity index (χ3v) is 4.70. The number of carbonyl (C=O) groups excluding carboxylic acids is 1. The number of hydrogen-bond acceptors (Lipinski definition) is 2. The molecule has 0 bridgehead atoms. The molecule has 1 saturated carbocycles. The van der Waals surface area contributed by atoms with E-state index >= 15 is 0 Å². The maximum Gasteiger partial charge on any atom is 0.220 e. The molecule has 0 aliphatic heterocycles. The molecule has 0 spiro atoms. The van der Waals surface area contributed by atoms with Crippen molar-refractivity contribution in [1.29, 1.82) is 0 Å². The molecule has 1 amide bonds. The summed E-state index contributed by atoms with van der Waals surface area (Å²) in [5.74, 6) is 0.835. The number of unbranched alkanes of at least 4 members (excludes halogenated alkanes) is 3. The minimum absolute atomic E-state index is 0. The molecule has 130 valence electrons. The summed E-state index contributed by atoms with van der Waals surface area (Å²) in [7, 11) is 0. The zero-order valence-electron chi connectivity index (χ0n) is 14.0. The van der Waals surface area contributed by atoms with Crippen LogP contribution in [0.5, 0.6) is 0 Å². The number of hydrogen-bond donors (Lipinski definition) is 2. The third-order valence-electron chi connectivity index (χ3n) is 4.70. The predicted molar refractivity (Wildman–Crippen MR) is 98.8 cm³/mol. The summed E-state index contributed by atoms with van der Waals surface area (Å²) in [4.78, 5) is 12.1. The van der Waals surface area contributed by atoms with E-state index in [9.17, 15) is 4.79 Å². The van der Waals surface area contributed by atoms with Crippen LogP contribution in [0.2, 0.25) is 0 Å². The van der Waals surface area contributed by atoms with Crippen molar-refractivity contribution in [1.82, 2.24) is 5.32 Å². The fourth-order valence-electron chi connectivity index (χ4n) is 3.45. The lowest BCUT2D eigenvalue weighted by Gasteiger charge is -2.21. The fraction of sp³-hybridized carbons (Fsp3) is 0.632. The van der Waals surface area contributed by atoms with Crippen LogP contribution in [0.3, 0.4) is 0 Å². The first-order valence-corrected chi connectivity index (χ1v) is 8.83. The monoisotopic (exact) mass is 338 g/mol. The lowest BCUT2D eigenvalue weighted by molar-refractivity contribution is -0.122. The fourth-order valence-corrected chi connectivity index (χ4v) is 3.45.